The summed E-state index contributed by atoms with van der Waals surface area (Å²) in [5.74, 6) is 0. The van der Waals surface area contributed by atoms with Gasteiger partial charge in [0.15, 0.2) is 0 Å². The topological polar surface area (TPSA) is 17.8 Å². The van der Waals surface area contributed by atoms with Crippen molar-refractivity contribution >= 4 is 64.3 Å². The Labute approximate surface area is 264 Å². The smallest absolute Gasteiger partial charge is 0.125 e. The maximum absolute atomic E-state index is 5.10. The lowest BCUT2D eigenvalue weighted by molar-refractivity contribution is 0.661. The largest absolute Gasteiger partial charge is 0.309 e. The van der Waals surface area contributed by atoms with Crippen LogP contribution < -0.4 is 0 Å². The molecule has 0 radical (unpaired) electrons. The summed E-state index contributed by atoms with van der Waals surface area (Å²) in [5, 5.41) is 6.29. The van der Waals surface area contributed by atoms with E-state index in [0.717, 1.165) is 10.3 Å². The molecular weight excluding hydrogens is 565 g/mol. The lowest BCUT2D eigenvalue weighted by Crippen LogP contribution is -2.14. The van der Waals surface area contributed by atoms with Crippen LogP contribution in [0.1, 0.15) is 25.0 Å². The molecule has 0 amide bonds. The Balaban J connectivity index is 1.22. The molecule has 0 saturated heterocycles. The third kappa shape index (κ3) is 3.36. The van der Waals surface area contributed by atoms with Crippen LogP contribution in [0.2, 0.25) is 0 Å². The zero-order chi connectivity index (χ0) is 29.9. The van der Waals surface area contributed by atoms with Crippen LogP contribution in [-0.4, -0.2) is 9.55 Å². The Morgan fingerprint density at radius 2 is 1.29 bits per heavy atom. The first-order valence-corrected chi connectivity index (χ1v) is 16.4. The van der Waals surface area contributed by atoms with Gasteiger partial charge < -0.3 is 4.57 Å². The second-order valence-electron chi connectivity index (χ2n) is 12.8. The number of nitrogens with zero attached hydrogens (tertiary/aromatic N) is 2. The second-order valence-corrected chi connectivity index (χ2v) is 13.8. The van der Waals surface area contributed by atoms with Crippen molar-refractivity contribution < 1.29 is 0 Å². The van der Waals surface area contributed by atoms with Crippen LogP contribution in [0.4, 0.5) is 0 Å². The Morgan fingerprint density at radius 1 is 0.578 bits per heavy atom. The first-order valence-electron chi connectivity index (χ1n) is 15.6. The third-order valence-corrected chi connectivity index (χ3v) is 11.1. The van der Waals surface area contributed by atoms with Gasteiger partial charge in [0, 0.05) is 48.3 Å². The highest BCUT2D eigenvalue weighted by Gasteiger charge is 2.36. The summed E-state index contributed by atoms with van der Waals surface area (Å²) in [5.41, 5.74) is 12.6. The Morgan fingerprint density at radius 3 is 2.16 bits per heavy atom. The maximum Gasteiger partial charge on any atom is 0.125 e. The Hall–Kier alpha value is -5.25. The minimum atomic E-state index is -0.0532. The van der Waals surface area contributed by atoms with Crippen LogP contribution in [-0.2, 0) is 5.41 Å². The monoisotopic (exact) mass is 592 g/mol. The van der Waals surface area contributed by atoms with Gasteiger partial charge in [-0.3, -0.25) is 0 Å². The summed E-state index contributed by atoms with van der Waals surface area (Å²) < 4.78 is 3.73. The van der Waals surface area contributed by atoms with Gasteiger partial charge in [-0.2, -0.15) is 0 Å². The van der Waals surface area contributed by atoms with Gasteiger partial charge in [-0.1, -0.05) is 105 Å². The van der Waals surface area contributed by atoms with Crippen molar-refractivity contribution in [3.8, 4) is 27.9 Å². The molecule has 0 unspecified atom stereocenters. The zero-order valence-corrected chi connectivity index (χ0v) is 25.8. The molecule has 6 aromatic carbocycles. The Kier molecular flexibility index (Phi) is 4.97. The number of hydrogen-bond acceptors (Lipinski definition) is 2. The molecule has 3 aromatic heterocycles. The number of rotatable bonds is 2. The van der Waals surface area contributed by atoms with Gasteiger partial charge in [0.25, 0.3) is 0 Å². The molecule has 0 atom stereocenters. The summed E-state index contributed by atoms with van der Waals surface area (Å²) in [6, 6.07) is 49.1. The van der Waals surface area contributed by atoms with E-state index in [1.807, 2.05) is 0 Å². The number of benzene rings is 6. The molecule has 3 heteroatoms. The summed E-state index contributed by atoms with van der Waals surface area (Å²) in [4.78, 5) is 6.19. The van der Waals surface area contributed by atoms with E-state index in [2.05, 4.69) is 152 Å². The molecule has 0 saturated carbocycles. The average molecular weight is 593 g/mol. The van der Waals surface area contributed by atoms with E-state index < -0.39 is 0 Å². The van der Waals surface area contributed by atoms with Crippen LogP contribution in [0.3, 0.4) is 0 Å². The molecule has 0 aliphatic heterocycles. The molecule has 10 rings (SSSR count). The fraction of sp³-hybridized carbons (Fsp3) is 0.0714. The number of fused-ring (bicyclic) bond motifs is 10. The van der Waals surface area contributed by atoms with E-state index in [1.54, 1.807) is 11.3 Å². The van der Waals surface area contributed by atoms with Gasteiger partial charge >= 0.3 is 0 Å². The van der Waals surface area contributed by atoms with E-state index in [-0.39, 0.29) is 5.41 Å². The first-order chi connectivity index (χ1) is 22.1. The van der Waals surface area contributed by atoms with E-state index in [9.17, 15) is 0 Å². The Bertz CT molecular complexity index is 2670. The van der Waals surface area contributed by atoms with Crippen molar-refractivity contribution in [3.05, 3.63) is 145 Å². The van der Waals surface area contributed by atoms with Gasteiger partial charge in [0.1, 0.15) is 4.83 Å². The highest BCUT2D eigenvalue weighted by Crippen LogP contribution is 2.51. The third-order valence-electron chi connectivity index (χ3n) is 10.0. The zero-order valence-electron chi connectivity index (χ0n) is 25.0. The summed E-state index contributed by atoms with van der Waals surface area (Å²) in [6.45, 7) is 4.72. The highest BCUT2D eigenvalue weighted by atomic mass is 32.1. The van der Waals surface area contributed by atoms with Gasteiger partial charge in [-0.05, 0) is 70.3 Å². The van der Waals surface area contributed by atoms with Crippen LogP contribution >= 0.6 is 11.3 Å². The molecule has 0 fully saturated rings. The molecule has 1 aliphatic rings. The minimum absolute atomic E-state index is 0.0532. The molecule has 212 valence electrons. The highest BCUT2D eigenvalue weighted by molar-refractivity contribution is 7.25. The SMILES string of the molecule is CC1(C)c2ccccc2-c2cc3c4ccccc4n(-c4ccc(-c5c6ccccc6nc6sc7ccccc7c56)cc4)c3cc21. The molecule has 0 N–H and O–H groups in total. The molecule has 0 bridgehead atoms. The number of para-hydroxylation sites is 2. The summed E-state index contributed by atoms with van der Waals surface area (Å²) in [6.07, 6.45) is 0. The number of pyridine rings is 1. The summed E-state index contributed by atoms with van der Waals surface area (Å²) >= 11 is 1.78. The average Bonchev–Trinajstić information content (AvgIpc) is 3.68. The van der Waals surface area contributed by atoms with Crippen molar-refractivity contribution in [2.24, 2.45) is 0 Å². The quantitative estimate of drug-likeness (QED) is 0.195. The predicted molar refractivity (Wildman–Crippen MR) is 192 cm³/mol. The minimum Gasteiger partial charge on any atom is -0.309 e. The van der Waals surface area contributed by atoms with Crippen LogP contribution in [0.5, 0.6) is 0 Å². The second kappa shape index (κ2) is 8.90. The van der Waals surface area contributed by atoms with Crippen LogP contribution in [0.25, 0.3) is 81.0 Å². The van der Waals surface area contributed by atoms with Crippen molar-refractivity contribution in [2.45, 2.75) is 19.3 Å². The fourth-order valence-corrected chi connectivity index (χ4v) is 8.99. The maximum atomic E-state index is 5.10. The molecule has 0 spiro atoms. The van der Waals surface area contributed by atoms with Gasteiger partial charge in [0.05, 0.1) is 16.6 Å². The molecule has 3 heterocycles. The predicted octanol–water partition coefficient (Wildman–Crippen LogP) is 11.7. The van der Waals surface area contributed by atoms with Crippen molar-refractivity contribution in [3.63, 3.8) is 0 Å². The van der Waals surface area contributed by atoms with E-state index in [4.69, 9.17) is 4.98 Å². The lowest BCUT2D eigenvalue weighted by atomic mass is 9.82. The molecule has 2 nitrogen and oxygen atoms in total. The van der Waals surface area contributed by atoms with Gasteiger partial charge in [-0.25, -0.2) is 4.98 Å². The first kappa shape index (κ1) is 25.1. The number of aromatic nitrogens is 2. The van der Waals surface area contributed by atoms with Crippen LogP contribution in [0.15, 0.2) is 133 Å². The lowest BCUT2D eigenvalue weighted by Gasteiger charge is -2.21. The molecule has 1 aliphatic carbocycles. The van der Waals surface area contributed by atoms with E-state index >= 15 is 0 Å². The van der Waals surface area contributed by atoms with Gasteiger partial charge in [0.2, 0.25) is 0 Å². The van der Waals surface area contributed by atoms with E-state index in [0.29, 0.717) is 0 Å². The standard InChI is InChI=1S/C42H28N2S/c1-42(2)33-15-7-3-11-27(33)31-23-32-28-12-5-9-17-36(28)44(37(32)24-34(31)42)26-21-19-25(20-22-26)39-29-13-4-8-16-35(29)43-41-40(39)30-14-6-10-18-38(30)45-41/h3-24H,1-2H3. The number of thiophene rings is 1. The fourth-order valence-electron chi connectivity index (χ4n) is 7.90. The van der Waals surface area contributed by atoms with Crippen molar-refractivity contribution in [1.82, 2.24) is 9.55 Å². The van der Waals surface area contributed by atoms with E-state index in [1.165, 1.54) is 81.7 Å². The van der Waals surface area contributed by atoms with Crippen molar-refractivity contribution in [2.75, 3.05) is 0 Å². The number of hydrogen-bond donors (Lipinski definition) is 0. The molecule has 45 heavy (non-hydrogen) atoms. The van der Waals surface area contributed by atoms with Crippen LogP contribution in [0, 0.1) is 0 Å². The normalized spacial score (nSPS) is 13.7. The molecular formula is C42H28N2S. The van der Waals surface area contributed by atoms with Crippen molar-refractivity contribution in [1.29, 1.82) is 0 Å². The molecule has 9 aromatic rings. The summed E-state index contributed by atoms with van der Waals surface area (Å²) in [7, 11) is 0. The van der Waals surface area contributed by atoms with Gasteiger partial charge in [-0.15, -0.1) is 11.3 Å².